The highest BCUT2D eigenvalue weighted by Crippen LogP contribution is 2.37. The van der Waals surface area contributed by atoms with E-state index in [9.17, 15) is 4.79 Å². The highest BCUT2D eigenvalue weighted by molar-refractivity contribution is 6.50. The van der Waals surface area contributed by atoms with Crippen LogP contribution >= 0.6 is 11.6 Å². The summed E-state index contributed by atoms with van der Waals surface area (Å²) in [6, 6.07) is 5.99. The van der Waals surface area contributed by atoms with E-state index in [4.69, 9.17) is 11.6 Å². The molecule has 0 aliphatic carbocycles. The van der Waals surface area contributed by atoms with Crippen LogP contribution in [0.15, 0.2) is 28.2 Å². The number of likely N-dealkylation sites (N-methyl/N-ethyl adjacent to an activating group) is 1. The van der Waals surface area contributed by atoms with E-state index in [2.05, 4.69) is 20.2 Å². The van der Waals surface area contributed by atoms with Crippen molar-refractivity contribution in [3.8, 4) is 0 Å². The Labute approximate surface area is 127 Å². The van der Waals surface area contributed by atoms with Crippen LogP contribution in [0, 0.1) is 0 Å². The molecule has 4 rings (SSSR count). The third-order valence-electron chi connectivity index (χ3n) is 4.02. The van der Waals surface area contributed by atoms with Crippen LogP contribution in [0.3, 0.4) is 0 Å². The molecule has 108 valence electrons. The standard InChI is InChI=1S/C14H14ClN5O/c1-16-9-5-19(6-9)13-14-18-12(21)7-20(14)11-4-8(15)2-3-10(11)17-13/h2-4,9,16H,5-7H2,1H3. The van der Waals surface area contributed by atoms with Crippen molar-refractivity contribution < 1.29 is 4.79 Å². The molecule has 1 saturated heterocycles. The van der Waals surface area contributed by atoms with Crippen LogP contribution in [0.2, 0.25) is 5.02 Å². The maximum absolute atomic E-state index is 11.8. The average molecular weight is 304 g/mol. The monoisotopic (exact) mass is 303 g/mol. The summed E-state index contributed by atoms with van der Waals surface area (Å²) in [5, 5.41) is 3.86. The van der Waals surface area contributed by atoms with Gasteiger partial charge in [-0.2, -0.15) is 4.99 Å². The number of likely N-dealkylation sites (tertiary alicyclic amines) is 1. The third kappa shape index (κ3) is 1.94. The molecule has 0 spiro atoms. The maximum atomic E-state index is 11.8. The summed E-state index contributed by atoms with van der Waals surface area (Å²) in [5.74, 6) is 1.28. The van der Waals surface area contributed by atoms with E-state index in [1.807, 2.05) is 30.1 Å². The van der Waals surface area contributed by atoms with Crippen LogP contribution in [-0.4, -0.2) is 55.2 Å². The van der Waals surface area contributed by atoms with Crippen LogP contribution in [0.1, 0.15) is 0 Å². The molecule has 0 bridgehead atoms. The van der Waals surface area contributed by atoms with Gasteiger partial charge in [0.1, 0.15) is 6.54 Å². The fourth-order valence-corrected chi connectivity index (χ4v) is 2.98. The molecule has 21 heavy (non-hydrogen) atoms. The van der Waals surface area contributed by atoms with Crippen LogP contribution in [0.5, 0.6) is 0 Å². The number of amidine groups is 2. The molecule has 1 aromatic rings. The van der Waals surface area contributed by atoms with Crippen molar-refractivity contribution in [3.05, 3.63) is 23.2 Å². The highest BCUT2D eigenvalue weighted by atomic mass is 35.5. The Balaban J connectivity index is 1.77. The average Bonchev–Trinajstić information content (AvgIpc) is 2.80. The normalized spacial score (nSPS) is 20.8. The van der Waals surface area contributed by atoms with Gasteiger partial charge in [0.25, 0.3) is 5.91 Å². The van der Waals surface area contributed by atoms with Crippen LogP contribution in [0.4, 0.5) is 11.4 Å². The van der Waals surface area contributed by atoms with Crippen molar-refractivity contribution in [2.75, 3.05) is 31.6 Å². The second-order valence-corrected chi connectivity index (χ2v) is 5.81. The lowest BCUT2D eigenvalue weighted by molar-refractivity contribution is -0.115. The zero-order chi connectivity index (χ0) is 14.6. The molecule has 0 radical (unpaired) electrons. The number of hydrogen-bond donors (Lipinski definition) is 1. The highest BCUT2D eigenvalue weighted by Gasteiger charge is 2.39. The predicted octanol–water partition coefficient (Wildman–Crippen LogP) is 1.03. The number of nitrogens with one attached hydrogen (secondary N) is 1. The van der Waals surface area contributed by atoms with Gasteiger partial charge < -0.3 is 15.1 Å². The minimum atomic E-state index is -0.142. The summed E-state index contributed by atoms with van der Waals surface area (Å²) in [6.45, 7) is 2.00. The van der Waals surface area contributed by atoms with Gasteiger partial charge in [-0.25, -0.2) is 4.99 Å². The van der Waals surface area contributed by atoms with E-state index < -0.39 is 0 Å². The molecule has 0 unspecified atom stereocenters. The van der Waals surface area contributed by atoms with Gasteiger partial charge in [-0.1, -0.05) is 11.6 Å². The number of rotatable bonds is 1. The van der Waals surface area contributed by atoms with E-state index in [1.165, 1.54) is 0 Å². The zero-order valence-electron chi connectivity index (χ0n) is 11.5. The first-order chi connectivity index (χ1) is 10.2. The molecule has 1 fully saturated rings. The van der Waals surface area contributed by atoms with Crippen molar-refractivity contribution in [1.82, 2.24) is 10.2 Å². The van der Waals surface area contributed by atoms with E-state index >= 15 is 0 Å². The Hall–Kier alpha value is -1.92. The number of carbonyl (C=O) groups excluding carboxylic acids is 1. The summed E-state index contributed by atoms with van der Waals surface area (Å²) in [6.07, 6.45) is 0. The first-order valence-corrected chi connectivity index (χ1v) is 7.23. The smallest absolute Gasteiger partial charge is 0.267 e. The molecule has 0 atom stereocenters. The molecular formula is C14H14ClN5O. The summed E-state index contributed by atoms with van der Waals surface area (Å²) in [5.41, 5.74) is 1.68. The SMILES string of the molecule is CNC1CN(C2=Nc3ccc(Cl)cc3N3CC(=O)N=C23)C1. The summed E-state index contributed by atoms with van der Waals surface area (Å²) in [7, 11) is 1.95. The first kappa shape index (κ1) is 12.8. The van der Waals surface area contributed by atoms with Gasteiger partial charge in [-0.15, -0.1) is 0 Å². The van der Waals surface area contributed by atoms with Crippen molar-refractivity contribution in [2.45, 2.75) is 6.04 Å². The number of carbonyl (C=O) groups is 1. The fraction of sp³-hybridized carbons (Fsp3) is 0.357. The van der Waals surface area contributed by atoms with Gasteiger partial charge in [0, 0.05) is 24.2 Å². The van der Waals surface area contributed by atoms with Gasteiger partial charge in [0.2, 0.25) is 0 Å². The lowest BCUT2D eigenvalue weighted by Crippen LogP contribution is -2.62. The summed E-state index contributed by atoms with van der Waals surface area (Å²) < 4.78 is 0. The van der Waals surface area contributed by atoms with Crippen molar-refractivity contribution in [1.29, 1.82) is 0 Å². The number of halogens is 1. The number of fused-ring (bicyclic) bond motifs is 3. The Morgan fingerprint density at radius 2 is 2.10 bits per heavy atom. The van der Waals surface area contributed by atoms with Crippen LogP contribution < -0.4 is 10.2 Å². The zero-order valence-corrected chi connectivity index (χ0v) is 12.3. The number of hydrogen-bond acceptors (Lipinski definition) is 5. The lowest BCUT2D eigenvalue weighted by atomic mass is 10.1. The Morgan fingerprint density at radius 1 is 1.29 bits per heavy atom. The molecule has 0 aromatic heterocycles. The Bertz CT molecular complexity index is 693. The van der Waals surface area contributed by atoms with Gasteiger partial charge in [-0.05, 0) is 25.2 Å². The topological polar surface area (TPSA) is 60.3 Å². The molecule has 1 N–H and O–H groups in total. The van der Waals surface area contributed by atoms with Crippen LogP contribution in [0.25, 0.3) is 0 Å². The fourth-order valence-electron chi connectivity index (χ4n) is 2.81. The summed E-state index contributed by atoms with van der Waals surface area (Å²) in [4.78, 5) is 24.6. The second kappa shape index (κ2) is 4.54. The molecule has 7 heteroatoms. The molecule has 6 nitrogen and oxygen atoms in total. The predicted molar refractivity (Wildman–Crippen MR) is 82.8 cm³/mol. The molecule has 3 aliphatic heterocycles. The minimum Gasteiger partial charge on any atom is -0.350 e. The maximum Gasteiger partial charge on any atom is 0.267 e. The summed E-state index contributed by atoms with van der Waals surface area (Å²) >= 11 is 6.06. The minimum absolute atomic E-state index is 0.142. The molecule has 3 heterocycles. The molecular weight excluding hydrogens is 290 g/mol. The number of anilines is 1. The van der Waals surface area contributed by atoms with E-state index in [1.54, 1.807) is 0 Å². The Morgan fingerprint density at radius 3 is 2.86 bits per heavy atom. The lowest BCUT2D eigenvalue weighted by Gasteiger charge is -2.43. The van der Waals surface area contributed by atoms with Crippen molar-refractivity contribution >= 4 is 40.6 Å². The van der Waals surface area contributed by atoms with Gasteiger partial charge in [-0.3, -0.25) is 4.79 Å². The van der Waals surface area contributed by atoms with Crippen LogP contribution in [-0.2, 0) is 4.79 Å². The number of amides is 1. The number of aliphatic imine (C=N–C) groups is 2. The Kier molecular flexibility index (Phi) is 2.77. The molecule has 1 aromatic carbocycles. The quantitative estimate of drug-likeness (QED) is 0.842. The molecule has 0 saturated carbocycles. The van der Waals surface area contributed by atoms with E-state index in [0.29, 0.717) is 16.9 Å². The van der Waals surface area contributed by atoms with Crippen molar-refractivity contribution in [3.63, 3.8) is 0 Å². The van der Waals surface area contributed by atoms with Gasteiger partial charge in [0.05, 0.1) is 11.4 Å². The van der Waals surface area contributed by atoms with Gasteiger partial charge in [0.15, 0.2) is 11.7 Å². The number of nitrogens with zero attached hydrogens (tertiary/aromatic N) is 4. The van der Waals surface area contributed by atoms with E-state index in [-0.39, 0.29) is 12.5 Å². The van der Waals surface area contributed by atoms with Gasteiger partial charge >= 0.3 is 0 Å². The third-order valence-corrected chi connectivity index (χ3v) is 4.26. The largest absolute Gasteiger partial charge is 0.350 e. The first-order valence-electron chi connectivity index (χ1n) is 6.85. The van der Waals surface area contributed by atoms with E-state index in [0.717, 1.165) is 30.3 Å². The molecule has 3 aliphatic rings. The van der Waals surface area contributed by atoms with Crippen molar-refractivity contribution in [2.24, 2.45) is 9.98 Å². The second-order valence-electron chi connectivity index (χ2n) is 5.37. The number of benzene rings is 1. The molecule has 1 amide bonds.